The summed E-state index contributed by atoms with van der Waals surface area (Å²) in [5.41, 5.74) is 4.56. The fourth-order valence-electron chi connectivity index (χ4n) is 4.01. The normalized spacial score (nSPS) is 11.2. The van der Waals surface area contributed by atoms with Crippen molar-refractivity contribution in [1.29, 1.82) is 0 Å². The number of anilines is 1. The molecule has 5 rings (SSSR count). The molecule has 3 aromatic carbocycles. The molecular formula is C27H25N3O. The number of furan rings is 1. The number of nitrogens with one attached hydrogen (secondary N) is 2. The molecule has 0 atom stereocenters. The molecule has 0 aliphatic heterocycles. The molecule has 154 valence electrons. The number of rotatable bonds is 8. The summed E-state index contributed by atoms with van der Waals surface area (Å²) in [7, 11) is 0. The first-order valence-corrected chi connectivity index (χ1v) is 10.7. The summed E-state index contributed by atoms with van der Waals surface area (Å²) in [5, 5.41) is 10.6. The summed E-state index contributed by atoms with van der Waals surface area (Å²) in [5.74, 6) is 0.968. The second-order valence-electron chi connectivity index (χ2n) is 7.65. The molecule has 0 aliphatic rings. The number of hydrogen-bond acceptors (Lipinski definition) is 4. The zero-order valence-electron chi connectivity index (χ0n) is 17.3. The van der Waals surface area contributed by atoms with Gasteiger partial charge >= 0.3 is 0 Å². The van der Waals surface area contributed by atoms with E-state index in [4.69, 9.17) is 4.42 Å². The topological polar surface area (TPSA) is 50.1 Å². The molecule has 4 heteroatoms. The standard InChI is InChI=1S/C27H25N3O/c1-2-9-23-20(6-1)7-3-10-24(23)21-11-12-25-26(13-16-30-27(25)18-21)29-15-5-14-28-19-22-8-4-17-31-22/h1-4,6-13,16-18,28H,5,14-15,19H2,(H,29,30). The lowest BCUT2D eigenvalue weighted by Crippen LogP contribution is -2.17. The van der Waals surface area contributed by atoms with Gasteiger partial charge in [-0.25, -0.2) is 0 Å². The van der Waals surface area contributed by atoms with Crippen molar-refractivity contribution in [2.24, 2.45) is 0 Å². The summed E-state index contributed by atoms with van der Waals surface area (Å²) < 4.78 is 5.34. The molecule has 2 aromatic heterocycles. The van der Waals surface area contributed by atoms with E-state index < -0.39 is 0 Å². The third-order valence-electron chi connectivity index (χ3n) is 5.57. The lowest BCUT2D eigenvalue weighted by atomic mass is 9.97. The van der Waals surface area contributed by atoms with E-state index in [0.717, 1.165) is 48.4 Å². The van der Waals surface area contributed by atoms with Crippen LogP contribution in [0.3, 0.4) is 0 Å². The molecule has 0 bridgehead atoms. The largest absolute Gasteiger partial charge is 0.468 e. The Morgan fingerprint density at radius 3 is 2.68 bits per heavy atom. The lowest BCUT2D eigenvalue weighted by molar-refractivity contribution is 0.482. The first-order chi connectivity index (χ1) is 15.4. The highest BCUT2D eigenvalue weighted by Crippen LogP contribution is 2.32. The fraction of sp³-hybridized carbons (Fsp3) is 0.148. The molecule has 0 fully saturated rings. The van der Waals surface area contributed by atoms with Gasteiger partial charge < -0.3 is 15.1 Å². The van der Waals surface area contributed by atoms with Crippen LogP contribution in [0.15, 0.2) is 95.7 Å². The van der Waals surface area contributed by atoms with Gasteiger partial charge in [-0.3, -0.25) is 4.98 Å². The van der Waals surface area contributed by atoms with E-state index in [1.165, 1.54) is 21.9 Å². The molecule has 4 nitrogen and oxygen atoms in total. The molecule has 2 heterocycles. The first-order valence-electron chi connectivity index (χ1n) is 10.7. The second kappa shape index (κ2) is 9.02. The number of benzene rings is 3. The molecule has 0 radical (unpaired) electrons. The number of aromatic nitrogens is 1. The van der Waals surface area contributed by atoms with E-state index in [2.05, 4.69) is 82.3 Å². The van der Waals surface area contributed by atoms with Gasteiger partial charge in [-0.05, 0) is 59.1 Å². The zero-order chi connectivity index (χ0) is 20.9. The monoisotopic (exact) mass is 407 g/mol. The maximum absolute atomic E-state index is 5.34. The quantitative estimate of drug-likeness (QED) is 0.299. The van der Waals surface area contributed by atoms with Crippen LogP contribution in [-0.4, -0.2) is 18.1 Å². The Bertz CT molecular complexity index is 1290. The third-order valence-corrected chi connectivity index (χ3v) is 5.57. The van der Waals surface area contributed by atoms with Gasteiger partial charge in [0.25, 0.3) is 0 Å². The minimum absolute atomic E-state index is 0.766. The van der Waals surface area contributed by atoms with Gasteiger partial charge in [0.15, 0.2) is 0 Å². The van der Waals surface area contributed by atoms with Crippen LogP contribution in [0.4, 0.5) is 5.69 Å². The SMILES string of the molecule is c1coc(CNCCCNc2ccnc3cc(-c4cccc5ccccc45)ccc23)c1. The molecule has 0 spiro atoms. The summed E-state index contributed by atoms with van der Waals surface area (Å²) in [6.45, 7) is 2.60. The molecule has 0 unspecified atom stereocenters. The Labute approximate surface area is 181 Å². The van der Waals surface area contributed by atoms with Crippen LogP contribution in [0, 0.1) is 0 Å². The van der Waals surface area contributed by atoms with Crippen molar-refractivity contribution in [3.8, 4) is 11.1 Å². The number of nitrogens with zero attached hydrogens (tertiary/aromatic N) is 1. The smallest absolute Gasteiger partial charge is 0.117 e. The van der Waals surface area contributed by atoms with Crippen molar-refractivity contribution in [2.45, 2.75) is 13.0 Å². The number of fused-ring (bicyclic) bond motifs is 2. The molecule has 5 aromatic rings. The Kier molecular flexibility index (Phi) is 5.63. The highest BCUT2D eigenvalue weighted by atomic mass is 16.3. The molecule has 0 saturated heterocycles. The molecule has 2 N–H and O–H groups in total. The van der Waals surface area contributed by atoms with E-state index in [9.17, 15) is 0 Å². The lowest BCUT2D eigenvalue weighted by Gasteiger charge is -2.12. The Morgan fingerprint density at radius 1 is 0.806 bits per heavy atom. The summed E-state index contributed by atoms with van der Waals surface area (Å²) in [6, 6.07) is 27.5. The van der Waals surface area contributed by atoms with Gasteiger partial charge in [0, 0.05) is 23.8 Å². The van der Waals surface area contributed by atoms with Crippen LogP contribution in [0.2, 0.25) is 0 Å². The van der Waals surface area contributed by atoms with Crippen LogP contribution in [-0.2, 0) is 6.54 Å². The minimum atomic E-state index is 0.766. The van der Waals surface area contributed by atoms with Crippen LogP contribution >= 0.6 is 0 Å². The average Bonchev–Trinajstić information content (AvgIpc) is 3.34. The highest BCUT2D eigenvalue weighted by molar-refractivity contribution is 6.00. The second-order valence-corrected chi connectivity index (χ2v) is 7.65. The van der Waals surface area contributed by atoms with E-state index in [1.54, 1.807) is 6.26 Å². The van der Waals surface area contributed by atoms with Gasteiger partial charge in [0.05, 0.1) is 18.3 Å². The van der Waals surface area contributed by atoms with Crippen LogP contribution in [0.5, 0.6) is 0 Å². The molecule has 31 heavy (non-hydrogen) atoms. The van der Waals surface area contributed by atoms with Crippen molar-refractivity contribution in [3.05, 3.63) is 97.1 Å². The fourth-order valence-corrected chi connectivity index (χ4v) is 4.01. The van der Waals surface area contributed by atoms with Gasteiger partial charge in [0.1, 0.15) is 5.76 Å². The highest BCUT2D eigenvalue weighted by Gasteiger charge is 2.07. The van der Waals surface area contributed by atoms with E-state index in [-0.39, 0.29) is 0 Å². The van der Waals surface area contributed by atoms with Crippen molar-refractivity contribution < 1.29 is 4.42 Å². The molecule has 0 saturated carbocycles. The summed E-state index contributed by atoms with van der Waals surface area (Å²) in [4.78, 5) is 4.63. The van der Waals surface area contributed by atoms with E-state index >= 15 is 0 Å². The van der Waals surface area contributed by atoms with Crippen molar-refractivity contribution in [1.82, 2.24) is 10.3 Å². The predicted octanol–water partition coefficient (Wildman–Crippen LogP) is 6.24. The van der Waals surface area contributed by atoms with E-state index in [0.29, 0.717) is 0 Å². The Morgan fingerprint density at radius 2 is 1.74 bits per heavy atom. The van der Waals surface area contributed by atoms with Crippen LogP contribution < -0.4 is 10.6 Å². The summed E-state index contributed by atoms with van der Waals surface area (Å²) >= 11 is 0. The molecule has 0 aliphatic carbocycles. The average molecular weight is 408 g/mol. The zero-order valence-corrected chi connectivity index (χ0v) is 17.3. The Hall–Kier alpha value is -3.63. The molecule has 0 amide bonds. The minimum Gasteiger partial charge on any atom is -0.468 e. The molecular weight excluding hydrogens is 382 g/mol. The summed E-state index contributed by atoms with van der Waals surface area (Å²) in [6.07, 6.45) is 4.62. The first kappa shape index (κ1) is 19.3. The van der Waals surface area contributed by atoms with Crippen molar-refractivity contribution >= 4 is 27.4 Å². The van der Waals surface area contributed by atoms with Crippen molar-refractivity contribution in [3.63, 3.8) is 0 Å². The Balaban J connectivity index is 1.29. The van der Waals surface area contributed by atoms with Gasteiger partial charge in [-0.2, -0.15) is 0 Å². The maximum atomic E-state index is 5.34. The van der Waals surface area contributed by atoms with E-state index in [1.807, 2.05) is 18.3 Å². The van der Waals surface area contributed by atoms with Gasteiger partial charge in [0.2, 0.25) is 0 Å². The third kappa shape index (κ3) is 4.30. The van der Waals surface area contributed by atoms with Crippen LogP contribution in [0.1, 0.15) is 12.2 Å². The van der Waals surface area contributed by atoms with Crippen molar-refractivity contribution in [2.75, 3.05) is 18.4 Å². The maximum Gasteiger partial charge on any atom is 0.117 e. The number of pyridine rings is 1. The predicted molar refractivity (Wildman–Crippen MR) is 128 cm³/mol. The van der Waals surface area contributed by atoms with Gasteiger partial charge in [-0.15, -0.1) is 0 Å². The number of hydrogen-bond donors (Lipinski definition) is 2. The van der Waals surface area contributed by atoms with Gasteiger partial charge in [-0.1, -0.05) is 54.6 Å². The van der Waals surface area contributed by atoms with Crippen LogP contribution in [0.25, 0.3) is 32.8 Å².